The van der Waals surface area contributed by atoms with Gasteiger partial charge in [0.1, 0.15) is 22.4 Å². The van der Waals surface area contributed by atoms with E-state index >= 15 is 0 Å². The molecule has 1 aliphatic rings. The third-order valence-corrected chi connectivity index (χ3v) is 5.83. The van der Waals surface area contributed by atoms with Crippen molar-refractivity contribution >= 4 is 29.2 Å². The topological polar surface area (TPSA) is 134 Å². The minimum Gasteiger partial charge on any atom is -0.490 e. The van der Waals surface area contributed by atoms with Gasteiger partial charge in [-0.1, -0.05) is 28.4 Å². The molecule has 2 unspecified atom stereocenters. The number of carboxylic acids is 1. The molecular weight excluding hydrogens is 471 g/mol. The van der Waals surface area contributed by atoms with E-state index < -0.39 is 11.5 Å². The average Bonchev–Trinajstić information content (AvgIpc) is 3.37. The van der Waals surface area contributed by atoms with Crippen LogP contribution in [0.5, 0.6) is 11.6 Å². The second-order valence-corrected chi connectivity index (χ2v) is 9.00. The molecule has 1 fully saturated rings. The van der Waals surface area contributed by atoms with Crippen LogP contribution in [0.1, 0.15) is 33.1 Å². The van der Waals surface area contributed by atoms with Gasteiger partial charge in [-0.15, -0.1) is 0 Å². The van der Waals surface area contributed by atoms with Crippen molar-refractivity contribution in [3.05, 3.63) is 40.5 Å². The Morgan fingerprint density at radius 2 is 2.09 bits per heavy atom. The number of aromatic nitrogens is 3. The van der Waals surface area contributed by atoms with E-state index in [0.29, 0.717) is 45.6 Å². The van der Waals surface area contributed by atoms with Crippen LogP contribution in [-0.4, -0.2) is 43.9 Å². The molecule has 2 aromatic heterocycles. The lowest BCUT2D eigenvalue weighted by Crippen LogP contribution is -2.46. The molecule has 11 heteroatoms. The van der Waals surface area contributed by atoms with Crippen molar-refractivity contribution in [1.29, 1.82) is 0 Å². The minimum atomic E-state index is -1.26. The number of halogens is 2. The Kier molecular flexibility index (Phi) is 6.47. The summed E-state index contributed by atoms with van der Waals surface area (Å²) in [5.74, 6) is 0.322. The zero-order chi connectivity index (χ0) is 23.8. The molecule has 3 aromatic rings. The fourth-order valence-corrected chi connectivity index (χ4v) is 4.04. The van der Waals surface area contributed by atoms with Gasteiger partial charge in [0.2, 0.25) is 11.7 Å². The van der Waals surface area contributed by atoms with Gasteiger partial charge in [0.25, 0.3) is 5.89 Å². The number of aliphatic carboxylic acids is 1. The van der Waals surface area contributed by atoms with Gasteiger partial charge in [0, 0.05) is 18.2 Å². The molecule has 0 saturated heterocycles. The van der Waals surface area contributed by atoms with E-state index in [1.807, 2.05) is 13.8 Å². The van der Waals surface area contributed by atoms with Crippen LogP contribution in [-0.2, 0) is 4.79 Å². The Labute approximate surface area is 199 Å². The summed E-state index contributed by atoms with van der Waals surface area (Å²) in [6.07, 6.45) is 2.31. The molecule has 9 nitrogen and oxygen atoms in total. The van der Waals surface area contributed by atoms with E-state index in [0.717, 1.165) is 0 Å². The highest BCUT2D eigenvalue weighted by Crippen LogP contribution is 2.35. The highest BCUT2D eigenvalue weighted by molar-refractivity contribution is 6.33. The van der Waals surface area contributed by atoms with Crippen LogP contribution in [0, 0.1) is 0 Å². The molecule has 174 valence electrons. The third-order valence-electron chi connectivity index (χ3n) is 5.24. The lowest BCUT2D eigenvalue weighted by Gasteiger charge is -2.19. The number of benzene rings is 1. The number of hydrogen-bond acceptors (Lipinski definition) is 8. The Hall–Kier alpha value is -2.88. The molecule has 33 heavy (non-hydrogen) atoms. The first-order valence-electron chi connectivity index (χ1n) is 10.3. The van der Waals surface area contributed by atoms with Crippen molar-refractivity contribution in [1.82, 2.24) is 15.1 Å². The van der Waals surface area contributed by atoms with Crippen LogP contribution in [0.15, 0.2) is 35.0 Å². The van der Waals surface area contributed by atoms with Crippen molar-refractivity contribution in [2.24, 2.45) is 5.73 Å². The second-order valence-electron chi connectivity index (χ2n) is 8.19. The Bertz CT molecular complexity index is 1190. The van der Waals surface area contributed by atoms with Crippen LogP contribution in [0.4, 0.5) is 0 Å². The molecule has 4 rings (SSSR count). The van der Waals surface area contributed by atoms with Crippen molar-refractivity contribution < 1.29 is 23.9 Å². The van der Waals surface area contributed by atoms with Crippen LogP contribution < -0.4 is 15.2 Å². The van der Waals surface area contributed by atoms with Gasteiger partial charge in [0.15, 0.2) is 0 Å². The normalized spacial score (nSPS) is 20.2. The first-order valence-corrected chi connectivity index (χ1v) is 11.1. The molecule has 2 atom stereocenters. The van der Waals surface area contributed by atoms with Gasteiger partial charge in [-0.25, -0.2) is 4.98 Å². The highest BCUT2D eigenvalue weighted by Gasteiger charge is 2.43. The first-order chi connectivity index (χ1) is 15.6. The van der Waals surface area contributed by atoms with E-state index in [9.17, 15) is 9.90 Å². The Balaban J connectivity index is 1.49. The molecule has 0 radical (unpaired) electrons. The van der Waals surface area contributed by atoms with E-state index in [-0.39, 0.29) is 30.3 Å². The molecule has 3 N–H and O–H groups in total. The summed E-state index contributed by atoms with van der Waals surface area (Å²) in [7, 11) is 0. The van der Waals surface area contributed by atoms with Gasteiger partial charge in [-0.05, 0) is 51.0 Å². The van der Waals surface area contributed by atoms with Crippen LogP contribution in [0.25, 0.3) is 22.8 Å². The van der Waals surface area contributed by atoms with E-state index in [4.69, 9.17) is 42.9 Å². The number of rotatable bonds is 7. The summed E-state index contributed by atoms with van der Waals surface area (Å²) in [5, 5.41) is 14.0. The first kappa shape index (κ1) is 23.3. The number of carbonyl (C=O) groups is 1. The second kappa shape index (κ2) is 9.17. The molecular formula is C22H22Cl2N4O5. The van der Waals surface area contributed by atoms with Gasteiger partial charge in [-0.3, -0.25) is 4.79 Å². The van der Waals surface area contributed by atoms with Gasteiger partial charge < -0.3 is 24.8 Å². The van der Waals surface area contributed by atoms with Gasteiger partial charge in [-0.2, -0.15) is 4.98 Å². The van der Waals surface area contributed by atoms with Crippen molar-refractivity contribution in [2.75, 3.05) is 0 Å². The van der Waals surface area contributed by atoms with E-state index in [1.54, 1.807) is 24.3 Å². The maximum atomic E-state index is 11.3. The average molecular weight is 493 g/mol. The lowest BCUT2D eigenvalue weighted by molar-refractivity contribution is -0.143. The molecule has 2 heterocycles. The maximum Gasteiger partial charge on any atom is 0.323 e. The number of pyridine rings is 1. The molecule has 0 bridgehead atoms. The summed E-state index contributed by atoms with van der Waals surface area (Å²) in [5.41, 5.74) is 5.74. The number of nitrogens with zero attached hydrogens (tertiary/aromatic N) is 3. The number of carboxylic acid groups (broad SMARTS) is 1. The predicted octanol–water partition coefficient (Wildman–Crippen LogP) is 4.61. The predicted molar refractivity (Wildman–Crippen MR) is 122 cm³/mol. The van der Waals surface area contributed by atoms with Crippen molar-refractivity contribution in [3.8, 4) is 34.5 Å². The Morgan fingerprint density at radius 3 is 2.73 bits per heavy atom. The zero-order valence-electron chi connectivity index (χ0n) is 17.9. The summed E-state index contributed by atoms with van der Waals surface area (Å²) in [6.45, 7) is 3.76. The quantitative estimate of drug-likeness (QED) is 0.484. The molecule has 0 spiro atoms. The summed E-state index contributed by atoms with van der Waals surface area (Å²) in [6, 6.07) is 6.68. The number of nitrogens with two attached hydrogens (primary N) is 1. The molecule has 1 aliphatic carbocycles. The summed E-state index contributed by atoms with van der Waals surface area (Å²) >= 11 is 12.7. The van der Waals surface area contributed by atoms with Gasteiger partial charge >= 0.3 is 5.97 Å². The monoisotopic (exact) mass is 492 g/mol. The largest absolute Gasteiger partial charge is 0.490 e. The third kappa shape index (κ3) is 5.05. The van der Waals surface area contributed by atoms with Gasteiger partial charge in [0.05, 0.1) is 16.7 Å². The van der Waals surface area contributed by atoms with E-state index in [2.05, 4.69) is 15.1 Å². The SMILES string of the molecule is CC(C)Oc1ncc(-c2nc(-c3ccc(OC4CCC(N)(C(=O)O)C4)cc3Cl)no2)cc1Cl. The molecule has 0 aliphatic heterocycles. The fourth-order valence-electron chi connectivity index (χ4n) is 3.57. The Morgan fingerprint density at radius 1 is 1.30 bits per heavy atom. The molecule has 1 aromatic carbocycles. The minimum absolute atomic E-state index is 0.0614. The van der Waals surface area contributed by atoms with Crippen molar-refractivity contribution in [3.63, 3.8) is 0 Å². The van der Waals surface area contributed by atoms with Crippen LogP contribution >= 0.6 is 23.2 Å². The molecule has 1 saturated carbocycles. The van der Waals surface area contributed by atoms with Crippen LogP contribution in [0.3, 0.4) is 0 Å². The maximum absolute atomic E-state index is 11.3. The number of ether oxygens (including phenoxy) is 2. The summed E-state index contributed by atoms with van der Waals surface area (Å²) < 4.78 is 16.8. The highest BCUT2D eigenvalue weighted by atomic mass is 35.5. The molecule has 0 amide bonds. The fraction of sp³-hybridized carbons (Fsp3) is 0.364. The van der Waals surface area contributed by atoms with Crippen molar-refractivity contribution in [2.45, 2.75) is 50.9 Å². The number of hydrogen-bond donors (Lipinski definition) is 2. The standard InChI is InChI=1S/C22H22Cl2N4O5/c1-11(2)31-20-17(24)7-12(10-26-20)19-27-18(28-33-19)15-4-3-13(8-16(15)23)32-14-5-6-22(25,9-14)21(29)30/h3-4,7-8,10-11,14H,5-6,9,25H2,1-2H3,(H,29,30). The lowest BCUT2D eigenvalue weighted by atomic mass is 10.00. The van der Waals surface area contributed by atoms with Crippen LogP contribution in [0.2, 0.25) is 10.0 Å². The smallest absolute Gasteiger partial charge is 0.323 e. The summed E-state index contributed by atoms with van der Waals surface area (Å²) in [4.78, 5) is 19.9. The zero-order valence-corrected chi connectivity index (χ0v) is 19.4. The van der Waals surface area contributed by atoms with E-state index in [1.165, 1.54) is 6.20 Å².